The minimum absolute atomic E-state index is 0.180. The molecule has 0 bridgehead atoms. The molecule has 0 aromatic carbocycles. The lowest BCUT2D eigenvalue weighted by molar-refractivity contribution is -0.140. The fraction of sp³-hybridized carbons (Fsp3) is 0.933. The minimum atomic E-state index is -0.257. The van der Waals surface area contributed by atoms with Gasteiger partial charge >= 0.3 is 0 Å². The average molecular weight is 252 g/mol. The van der Waals surface area contributed by atoms with E-state index in [0.717, 1.165) is 32.2 Å². The summed E-state index contributed by atoms with van der Waals surface area (Å²) in [7, 11) is 0. The molecule has 3 nitrogen and oxygen atoms in total. The number of likely N-dealkylation sites (tertiary alicyclic amines) is 1. The van der Waals surface area contributed by atoms with Crippen LogP contribution in [0.4, 0.5) is 0 Å². The van der Waals surface area contributed by atoms with Crippen molar-refractivity contribution in [1.82, 2.24) is 4.90 Å². The summed E-state index contributed by atoms with van der Waals surface area (Å²) in [5.41, 5.74) is 6.57. The number of rotatable bonds is 1. The summed E-state index contributed by atoms with van der Waals surface area (Å²) in [4.78, 5) is 14.3. The van der Waals surface area contributed by atoms with E-state index in [1.165, 1.54) is 6.42 Å². The average Bonchev–Trinajstić information content (AvgIpc) is 2.17. The van der Waals surface area contributed by atoms with E-state index in [1.807, 2.05) is 0 Å². The molecule has 1 aliphatic carbocycles. The minimum Gasteiger partial charge on any atom is -0.338 e. The Morgan fingerprint density at radius 2 is 1.72 bits per heavy atom. The Morgan fingerprint density at radius 3 is 2.28 bits per heavy atom. The van der Waals surface area contributed by atoms with Crippen molar-refractivity contribution in [1.29, 1.82) is 0 Å². The van der Waals surface area contributed by atoms with Crippen LogP contribution in [0.5, 0.6) is 0 Å². The second-order valence-electron chi connectivity index (χ2n) is 7.85. The maximum Gasteiger partial charge on any atom is 0.239 e. The molecule has 1 amide bonds. The molecule has 1 aliphatic heterocycles. The molecule has 2 N–H and O–H groups in total. The van der Waals surface area contributed by atoms with Gasteiger partial charge in [0.15, 0.2) is 0 Å². The summed E-state index contributed by atoms with van der Waals surface area (Å²) in [6.45, 7) is 10.2. The van der Waals surface area contributed by atoms with Crippen LogP contribution >= 0.6 is 0 Å². The zero-order valence-corrected chi connectivity index (χ0v) is 12.3. The monoisotopic (exact) mass is 252 g/mol. The van der Waals surface area contributed by atoms with Crippen molar-refractivity contribution in [3.8, 4) is 0 Å². The molecule has 1 heterocycles. The van der Waals surface area contributed by atoms with Crippen molar-refractivity contribution in [2.45, 2.75) is 71.9 Å². The van der Waals surface area contributed by atoms with Gasteiger partial charge in [0.25, 0.3) is 0 Å². The fourth-order valence-corrected chi connectivity index (χ4v) is 4.30. The van der Waals surface area contributed by atoms with E-state index in [4.69, 9.17) is 5.73 Å². The molecule has 18 heavy (non-hydrogen) atoms. The van der Waals surface area contributed by atoms with Crippen molar-refractivity contribution in [3.05, 3.63) is 0 Å². The Bertz CT molecular complexity index is 319. The number of hydrogen-bond donors (Lipinski definition) is 1. The molecule has 3 heteroatoms. The van der Waals surface area contributed by atoms with Crippen LogP contribution in [-0.2, 0) is 4.79 Å². The maximum absolute atomic E-state index is 12.2. The normalized spacial score (nSPS) is 32.6. The summed E-state index contributed by atoms with van der Waals surface area (Å²) in [5, 5.41) is 0. The van der Waals surface area contributed by atoms with Gasteiger partial charge in [0.1, 0.15) is 0 Å². The summed E-state index contributed by atoms with van der Waals surface area (Å²) in [6.07, 6.45) is 5.40. The van der Waals surface area contributed by atoms with Gasteiger partial charge in [-0.3, -0.25) is 4.79 Å². The molecule has 0 radical (unpaired) electrons. The molecule has 2 fully saturated rings. The summed E-state index contributed by atoms with van der Waals surface area (Å²) >= 11 is 0. The number of nitrogens with zero attached hydrogens (tertiary/aromatic N) is 1. The predicted molar refractivity (Wildman–Crippen MR) is 74.1 cm³/mol. The van der Waals surface area contributed by atoms with Gasteiger partial charge in [0, 0.05) is 12.6 Å². The number of nitrogens with two attached hydrogens (primary N) is 1. The Labute approximate surface area is 111 Å². The second-order valence-corrected chi connectivity index (χ2v) is 7.85. The van der Waals surface area contributed by atoms with Crippen LogP contribution in [0.1, 0.15) is 59.8 Å². The molecule has 1 saturated carbocycles. The van der Waals surface area contributed by atoms with Gasteiger partial charge in [0.05, 0.1) is 6.04 Å². The molecule has 1 saturated heterocycles. The van der Waals surface area contributed by atoms with Crippen LogP contribution in [0.2, 0.25) is 0 Å². The highest BCUT2D eigenvalue weighted by Gasteiger charge is 2.42. The van der Waals surface area contributed by atoms with Crippen molar-refractivity contribution in [2.24, 2.45) is 16.6 Å². The van der Waals surface area contributed by atoms with E-state index in [0.29, 0.717) is 16.9 Å². The molecule has 1 atom stereocenters. The lowest BCUT2D eigenvalue weighted by Gasteiger charge is -2.49. The number of amides is 1. The van der Waals surface area contributed by atoms with Crippen LogP contribution in [0, 0.1) is 10.8 Å². The first-order chi connectivity index (χ1) is 8.20. The Balaban J connectivity index is 2.14. The van der Waals surface area contributed by atoms with Crippen LogP contribution in [-0.4, -0.2) is 29.4 Å². The maximum atomic E-state index is 12.2. The summed E-state index contributed by atoms with van der Waals surface area (Å²) in [5.74, 6) is 0.180. The van der Waals surface area contributed by atoms with Gasteiger partial charge in [-0.05, 0) is 42.9 Å². The van der Waals surface area contributed by atoms with E-state index < -0.39 is 0 Å². The summed E-state index contributed by atoms with van der Waals surface area (Å²) < 4.78 is 0. The van der Waals surface area contributed by atoms with Crippen LogP contribution in [0.15, 0.2) is 0 Å². The fourth-order valence-electron chi connectivity index (χ4n) is 4.30. The lowest BCUT2D eigenvalue weighted by atomic mass is 9.63. The highest BCUT2D eigenvalue weighted by Crippen LogP contribution is 2.47. The van der Waals surface area contributed by atoms with Crippen molar-refractivity contribution >= 4 is 5.91 Å². The molecule has 0 spiro atoms. The zero-order valence-electron chi connectivity index (χ0n) is 12.3. The van der Waals surface area contributed by atoms with Gasteiger partial charge in [-0.1, -0.05) is 27.7 Å². The number of carbonyl (C=O) groups excluding carboxylic acids is 1. The number of hydrogen-bond acceptors (Lipinski definition) is 2. The van der Waals surface area contributed by atoms with Crippen molar-refractivity contribution in [3.63, 3.8) is 0 Å². The van der Waals surface area contributed by atoms with Gasteiger partial charge < -0.3 is 10.6 Å². The van der Waals surface area contributed by atoms with E-state index in [9.17, 15) is 4.79 Å². The highest BCUT2D eigenvalue weighted by atomic mass is 16.2. The number of piperidine rings is 1. The molecule has 2 aliphatic rings. The largest absolute Gasteiger partial charge is 0.338 e. The Kier molecular flexibility index (Phi) is 3.48. The zero-order chi connectivity index (χ0) is 13.6. The van der Waals surface area contributed by atoms with E-state index in [-0.39, 0.29) is 11.9 Å². The van der Waals surface area contributed by atoms with Gasteiger partial charge in [-0.2, -0.15) is 0 Å². The van der Waals surface area contributed by atoms with Gasteiger partial charge in [-0.15, -0.1) is 0 Å². The van der Waals surface area contributed by atoms with Gasteiger partial charge in [0.2, 0.25) is 5.91 Å². The molecule has 104 valence electrons. The summed E-state index contributed by atoms with van der Waals surface area (Å²) in [6, 6.07) is 0.134. The molecule has 2 rings (SSSR count). The van der Waals surface area contributed by atoms with E-state index in [2.05, 4.69) is 32.6 Å². The number of carbonyl (C=O) groups is 1. The second kappa shape index (κ2) is 4.52. The quantitative estimate of drug-likeness (QED) is 0.779. The Morgan fingerprint density at radius 1 is 1.17 bits per heavy atom. The standard InChI is InChI=1S/C15H28N2O/c1-14(2)8-11(9-15(3,4)10-14)17-7-5-6-12(16)13(17)18/h11-12H,5-10,16H2,1-4H3. The van der Waals surface area contributed by atoms with Crippen LogP contribution in [0.25, 0.3) is 0 Å². The first kappa shape index (κ1) is 13.9. The van der Waals surface area contributed by atoms with Crippen molar-refractivity contribution < 1.29 is 4.79 Å². The molecular formula is C15H28N2O. The first-order valence-electron chi connectivity index (χ1n) is 7.26. The third kappa shape index (κ3) is 2.87. The van der Waals surface area contributed by atoms with Gasteiger partial charge in [-0.25, -0.2) is 0 Å². The van der Waals surface area contributed by atoms with E-state index >= 15 is 0 Å². The predicted octanol–water partition coefficient (Wildman–Crippen LogP) is 2.54. The lowest BCUT2D eigenvalue weighted by Crippen LogP contribution is -2.55. The topological polar surface area (TPSA) is 46.3 Å². The Hall–Kier alpha value is -0.570. The highest BCUT2D eigenvalue weighted by molar-refractivity contribution is 5.82. The smallest absolute Gasteiger partial charge is 0.239 e. The van der Waals surface area contributed by atoms with E-state index in [1.54, 1.807) is 0 Å². The van der Waals surface area contributed by atoms with Crippen LogP contribution in [0.3, 0.4) is 0 Å². The van der Waals surface area contributed by atoms with Crippen molar-refractivity contribution in [2.75, 3.05) is 6.54 Å². The third-order valence-electron chi connectivity index (χ3n) is 4.49. The molecule has 1 unspecified atom stereocenters. The molecular weight excluding hydrogens is 224 g/mol. The first-order valence-corrected chi connectivity index (χ1v) is 7.26. The van der Waals surface area contributed by atoms with Crippen LogP contribution < -0.4 is 5.73 Å². The molecule has 0 aromatic heterocycles. The molecule has 0 aromatic rings. The third-order valence-corrected chi connectivity index (χ3v) is 4.49. The SMILES string of the molecule is CC1(C)CC(N2CCCC(N)C2=O)CC(C)(C)C1.